The van der Waals surface area contributed by atoms with Crippen LogP contribution < -0.4 is 5.73 Å². The minimum absolute atomic E-state index is 0.239. The highest BCUT2D eigenvalue weighted by Crippen LogP contribution is 2.22. The zero-order chi connectivity index (χ0) is 15.6. The molecule has 0 bridgehead atoms. The Morgan fingerprint density at radius 3 is 2.30 bits per heavy atom. The molecule has 1 aromatic carbocycles. The molecule has 0 aromatic heterocycles. The molecular weight excluding hydrogens is 282 g/mol. The van der Waals surface area contributed by atoms with Crippen LogP contribution >= 0.6 is 11.6 Å². The van der Waals surface area contributed by atoms with Gasteiger partial charge in [-0.25, -0.2) is 9.59 Å². The molecule has 6 heteroatoms. The van der Waals surface area contributed by atoms with Crippen molar-refractivity contribution in [2.45, 2.75) is 38.3 Å². The standard InChI is InChI=1S/C14H18ClNO4/c1-13(2,3)20-12(19)14(16,11(17)18)8-9-6-4-5-7-10(9)15/h4-7H,8,16H2,1-3H3,(H,17,18). The number of carboxylic acid groups (broad SMARTS) is 1. The van der Waals surface area contributed by atoms with Crippen LogP contribution in [0.4, 0.5) is 0 Å². The number of benzene rings is 1. The number of rotatable bonds is 4. The summed E-state index contributed by atoms with van der Waals surface area (Å²) in [4.78, 5) is 23.5. The molecule has 0 heterocycles. The molecule has 20 heavy (non-hydrogen) atoms. The summed E-state index contributed by atoms with van der Waals surface area (Å²) in [6.45, 7) is 4.92. The molecular formula is C14H18ClNO4. The Labute approximate surface area is 122 Å². The maximum absolute atomic E-state index is 12.1. The lowest BCUT2D eigenvalue weighted by molar-refractivity contribution is -0.169. The SMILES string of the molecule is CC(C)(C)OC(=O)C(N)(Cc1ccccc1Cl)C(=O)O. The average Bonchev–Trinajstić information content (AvgIpc) is 2.29. The van der Waals surface area contributed by atoms with Gasteiger partial charge in [-0.2, -0.15) is 0 Å². The first kappa shape index (κ1) is 16.5. The van der Waals surface area contributed by atoms with Crippen molar-refractivity contribution in [1.29, 1.82) is 0 Å². The first-order chi connectivity index (χ1) is 9.06. The highest BCUT2D eigenvalue weighted by atomic mass is 35.5. The molecule has 1 rings (SSSR count). The van der Waals surface area contributed by atoms with Crippen molar-refractivity contribution >= 4 is 23.5 Å². The van der Waals surface area contributed by atoms with Gasteiger partial charge >= 0.3 is 11.9 Å². The lowest BCUT2D eigenvalue weighted by Crippen LogP contribution is -2.58. The number of hydrogen-bond acceptors (Lipinski definition) is 4. The molecule has 0 saturated carbocycles. The van der Waals surface area contributed by atoms with Crippen LogP contribution in [0.15, 0.2) is 24.3 Å². The summed E-state index contributed by atoms with van der Waals surface area (Å²) in [5.41, 5.74) is 3.25. The van der Waals surface area contributed by atoms with Crippen LogP contribution in [0.1, 0.15) is 26.3 Å². The summed E-state index contributed by atoms with van der Waals surface area (Å²) < 4.78 is 5.09. The number of nitrogens with two attached hydrogens (primary N) is 1. The van der Waals surface area contributed by atoms with Crippen LogP contribution in [0.2, 0.25) is 5.02 Å². The second kappa shape index (κ2) is 5.81. The van der Waals surface area contributed by atoms with E-state index in [2.05, 4.69) is 0 Å². The molecule has 110 valence electrons. The number of carbonyl (C=O) groups is 2. The molecule has 0 aliphatic carbocycles. The van der Waals surface area contributed by atoms with Gasteiger partial charge in [0.25, 0.3) is 0 Å². The van der Waals surface area contributed by atoms with Gasteiger partial charge in [-0.3, -0.25) is 0 Å². The van der Waals surface area contributed by atoms with Crippen LogP contribution in [0, 0.1) is 0 Å². The fraction of sp³-hybridized carbons (Fsp3) is 0.429. The van der Waals surface area contributed by atoms with Crippen molar-refractivity contribution in [3.8, 4) is 0 Å². The zero-order valence-corrected chi connectivity index (χ0v) is 12.4. The lowest BCUT2D eigenvalue weighted by Gasteiger charge is -2.28. The number of ether oxygens (including phenoxy) is 1. The first-order valence-corrected chi connectivity index (χ1v) is 6.43. The number of halogens is 1. The van der Waals surface area contributed by atoms with Crippen LogP contribution in [0.3, 0.4) is 0 Å². The average molecular weight is 300 g/mol. The minimum atomic E-state index is -2.17. The van der Waals surface area contributed by atoms with Crippen LogP contribution in [0.25, 0.3) is 0 Å². The van der Waals surface area contributed by atoms with Gasteiger partial charge in [0.1, 0.15) is 5.60 Å². The van der Waals surface area contributed by atoms with Gasteiger partial charge < -0.3 is 15.6 Å². The first-order valence-electron chi connectivity index (χ1n) is 6.05. The van der Waals surface area contributed by atoms with E-state index in [0.717, 1.165) is 0 Å². The Morgan fingerprint density at radius 2 is 1.85 bits per heavy atom. The van der Waals surface area contributed by atoms with E-state index in [4.69, 9.17) is 22.1 Å². The lowest BCUT2D eigenvalue weighted by atomic mass is 9.91. The molecule has 0 aliphatic heterocycles. The van der Waals surface area contributed by atoms with Gasteiger partial charge in [0.15, 0.2) is 0 Å². The molecule has 0 saturated heterocycles. The van der Waals surface area contributed by atoms with Gasteiger partial charge in [0.2, 0.25) is 5.54 Å². The monoisotopic (exact) mass is 299 g/mol. The highest BCUT2D eigenvalue weighted by Gasteiger charge is 2.45. The van der Waals surface area contributed by atoms with Crippen molar-refractivity contribution in [3.05, 3.63) is 34.9 Å². The van der Waals surface area contributed by atoms with Gasteiger partial charge in [-0.1, -0.05) is 29.8 Å². The van der Waals surface area contributed by atoms with E-state index >= 15 is 0 Å². The Morgan fingerprint density at radius 1 is 1.30 bits per heavy atom. The number of carbonyl (C=O) groups excluding carboxylic acids is 1. The Balaban J connectivity index is 3.07. The molecule has 1 unspecified atom stereocenters. The van der Waals surface area contributed by atoms with E-state index in [0.29, 0.717) is 10.6 Å². The van der Waals surface area contributed by atoms with E-state index in [1.54, 1.807) is 45.0 Å². The fourth-order valence-corrected chi connectivity index (χ4v) is 1.75. The van der Waals surface area contributed by atoms with Crippen LogP contribution in [0.5, 0.6) is 0 Å². The van der Waals surface area contributed by atoms with E-state index in [9.17, 15) is 14.7 Å². The third-order valence-electron chi connectivity index (χ3n) is 2.57. The van der Waals surface area contributed by atoms with Gasteiger partial charge in [0.05, 0.1) is 0 Å². The summed E-state index contributed by atoms with van der Waals surface area (Å²) in [6, 6.07) is 6.63. The fourth-order valence-electron chi connectivity index (χ4n) is 1.55. The van der Waals surface area contributed by atoms with E-state index < -0.39 is 23.1 Å². The quantitative estimate of drug-likeness (QED) is 0.655. The Bertz CT molecular complexity index is 524. The summed E-state index contributed by atoms with van der Waals surface area (Å²) >= 11 is 5.97. The van der Waals surface area contributed by atoms with E-state index in [1.807, 2.05) is 0 Å². The second-order valence-corrected chi connectivity index (χ2v) is 5.95. The number of esters is 1. The molecule has 0 fully saturated rings. The van der Waals surface area contributed by atoms with Crippen molar-refractivity contribution < 1.29 is 19.4 Å². The van der Waals surface area contributed by atoms with Gasteiger partial charge in [0, 0.05) is 11.4 Å². The third-order valence-corrected chi connectivity index (χ3v) is 2.94. The maximum Gasteiger partial charge on any atom is 0.338 e. The Hall–Kier alpha value is -1.59. The molecule has 0 aliphatic rings. The summed E-state index contributed by atoms with van der Waals surface area (Å²) in [5, 5.41) is 9.64. The second-order valence-electron chi connectivity index (χ2n) is 5.55. The normalized spacial score (nSPS) is 14.4. The van der Waals surface area contributed by atoms with Crippen molar-refractivity contribution in [2.75, 3.05) is 0 Å². The molecule has 3 N–H and O–H groups in total. The van der Waals surface area contributed by atoms with Crippen LogP contribution in [-0.4, -0.2) is 28.2 Å². The molecule has 1 aromatic rings. The summed E-state index contributed by atoms with van der Waals surface area (Å²) in [6.07, 6.45) is -0.239. The maximum atomic E-state index is 12.1. The predicted octanol–water partition coefficient (Wildman–Crippen LogP) is 2.01. The largest absolute Gasteiger partial charge is 0.479 e. The molecule has 0 amide bonds. The smallest absolute Gasteiger partial charge is 0.338 e. The molecule has 5 nitrogen and oxygen atoms in total. The topological polar surface area (TPSA) is 89.6 Å². The van der Waals surface area contributed by atoms with Gasteiger partial charge in [-0.05, 0) is 32.4 Å². The van der Waals surface area contributed by atoms with Gasteiger partial charge in [-0.15, -0.1) is 0 Å². The van der Waals surface area contributed by atoms with Crippen molar-refractivity contribution in [2.24, 2.45) is 5.73 Å². The minimum Gasteiger partial charge on any atom is -0.479 e. The summed E-state index contributed by atoms with van der Waals surface area (Å²) in [5.74, 6) is -2.44. The summed E-state index contributed by atoms with van der Waals surface area (Å²) in [7, 11) is 0. The predicted molar refractivity (Wildman–Crippen MR) is 75.6 cm³/mol. The molecule has 0 radical (unpaired) electrons. The third kappa shape index (κ3) is 3.95. The van der Waals surface area contributed by atoms with E-state index in [-0.39, 0.29) is 6.42 Å². The van der Waals surface area contributed by atoms with Crippen molar-refractivity contribution in [1.82, 2.24) is 0 Å². The number of carboxylic acids is 1. The van der Waals surface area contributed by atoms with Crippen LogP contribution in [-0.2, 0) is 20.7 Å². The van der Waals surface area contributed by atoms with Crippen molar-refractivity contribution in [3.63, 3.8) is 0 Å². The molecule has 0 spiro atoms. The van der Waals surface area contributed by atoms with E-state index in [1.165, 1.54) is 0 Å². The highest BCUT2D eigenvalue weighted by molar-refractivity contribution is 6.31. The Kier molecular flexibility index (Phi) is 4.78. The zero-order valence-electron chi connectivity index (χ0n) is 11.6. The number of aliphatic carboxylic acids is 1. The molecule has 1 atom stereocenters. The number of hydrogen-bond donors (Lipinski definition) is 2.